The molecule has 19 heavy (non-hydrogen) atoms. The van der Waals surface area contributed by atoms with Gasteiger partial charge in [0.05, 0.1) is 5.39 Å². The highest BCUT2D eigenvalue weighted by Gasteiger charge is 2.18. The van der Waals surface area contributed by atoms with Gasteiger partial charge in [0, 0.05) is 38.1 Å². The smallest absolute Gasteiger partial charge is 0.263 e. The van der Waals surface area contributed by atoms with E-state index in [-0.39, 0.29) is 5.56 Å². The molecule has 6 heteroatoms. The van der Waals surface area contributed by atoms with E-state index in [4.69, 9.17) is 4.98 Å². The molecule has 5 nitrogen and oxygen atoms in total. The minimum atomic E-state index is 0.0643. The molecule has 2 aromatic rings. The van der Waals surface area contributed by atoms with Crippen molar-refractivity contribution in [1.29, 1.82) is 0 Å². The van der Waals surface area contributed by atoms with Crippen LogP contribution in [0.15, 0.2) is 10.9 Å². The van der Waals surface area contributed by atoms with E-state index < -0.39 is 0 Å². The van der Waals surface area contributed by atoms with Crippen LogP contribution in [0.25, 0.3) is 10.2 Å². The lowest BCUT2D eigenvalue weighted by Crippen LogP contribution is -2.45. The first-order valence-electron chi connectivity index (χ1n) is 6.66. The number of hydrogen-bond donors (Lipinski definition) is 1. The van der Waals surface area contributed by atoms with Gasteiger partial charge in [0.2, 0.25) is 5.95 Å². The van der Waals surface area contributed by atoms with Gasteiger partial charge < -0.3 is 10.2 Å². The molecular weight excluding hydrogens is 260 g/mol. The van der Waals surface area contributed by atoms with E-state index in [1.54, 1.807) is 15.9 Å². The highest BCUT2D eigenvalue weighted by atomic mass is 32.1. The number of piperazine rings is 1. The molecule has 3 heterocycles. The first-order chi connectivity index (χ1) is 9.20. The molecule has 0 aromatic carbocycles. The van der Waals surface area contributed by atoms with E-state index in [1.165, 1.54) is 4.88 Å². The van der Waals surface area contributed by atoms with E-state index in [1.807, 2.05) is 13.1 Å². The molecule has 1 aliphatic heterocycles. The van der Waals surface area contributed by atoms with Crippen LogP contribution in [0.3, 0.4) is 0 Å². The Morgan fingerprint density at radius 3 is 2.84 bits per heavy atom. The SMILES string of the molecule is CCc1cc2c(=O)n(C)c(N3CCNCC3)nc2s1. The molecule has 102 valence electrons. The Morgan fingerprint density at radius 2 is 2.16 bits per heavy atom. The van der Waals surface area contributed by atoms with E-state index in [0.29, 0.717) is 0 Å². The molecule has 0 aliphatic carbocycles. The molecule has 1 saturated heterocycles. The summed E-state index contributed by atoms with van der Waals surface area (Å²) >= 11 is 1.63. The second-order valence-electron chi connectivity index (χ2n) is 4.80. The maximum Gasteiger partial charge on any atom is 0.263 e. The summed E-state index contributed by atoms with van der Waals surface area (Å²) in [6, 6.07) is 1.98. The Labute approximate surface area is 115 Å². The van der Waals surface area contributed by atoms with Crippen molar-refractivity contribution in [2.75, 3.05) is 31.1 Å². The van der Waals surface area contributed by atoms with Gasteiger partial charge in [-0.05, 0) is 12.5 Å². The van der Waals surface area contributed by atoms with Crippen LogP contribution in [-0.2, 0) is 13.5 Å². The lowest BCUT2D eigenvalue weighted by Gasteiger charge is -2.29. The van der Waals surface area contributed by atoms with Crippen molar-refractivity contribution in [2.24, 2.45) is 7.05 Å². The Balaban J connectivity index is 2.14. The van der Waals surface area contributed by atoms with Crippen molar-refractivity contribution < 1.29 is 0 Å². The van der Waals surface area contributed by atoms with Gasteiger partial charge in [-0.3, -0.25) is 9.36 Å². The largest absolute Gasteiger partial charge is 0.340 e. The number of hydrogen-bond acceptors (Lipinski definition) is 5. The number of nitrogens with zero attached hydrogens (tertiary/aromatic N) is 3. The minimum Gasteiger partial charge on any atom is -0.340 e. The molecule has 0 atom stereocenters. The van der Waals surface area contributed by atoms with Crippen LogP contribution in [0.2, 0.25) is 0 Å². The average molecular weight is 278 g/mol. The van der Waals surface area contributed by atoms with E-state index >= 15 is 0 Å². The quantitative estimate of drug-likeness (QED) is 0.889. The van der Waals surface area contributed by atoms with Crippen LogP contribution in [0.4, 0.5) is 5.95 Å². The van der Waals surface area contributed by atoms with Crippen molar-refractivity contribution in [3.8, 4) is 0 Å². The molecule has 0 amide bonds. The van der Waals surface area contributed by atoms with Crippen molar-refractivity contribution in [2.45, 2.75) is 13.3 Å². The van der Waals surface area contributed by atoms with Crippen LogP contribution in [0, 0.1) is 0 Å². The summed E-state index contributed by atoms with van der Waals surface area (Å²) in [6.07, 6.45) is 0.952. The topological polar surface area (TPSA) is 50.2 Å². The molecule has 2 aromatic heterocycles. The van der Waals surface area contributed by atoms with Gasteiger partial charge in [-0.1, -0.05) is 6.92 Å². The molecule has 0 spiro atoms. The molecule has 0 radical (unpaired) electrons. The second-order valence-corrected chi connectivity index (χ2v) is 5.91. The molecule has 3 rings (SSSR count). The van der Waals surface area contributed by atoms with E-state index in [9.17, 15) is 4.79 Å². The predicted octanol–water partition coefficient (Wildman–Crippen LogP) is 0.967. The number of anilines is 1. The van der Waals surface area contributed by atoms with Gasteiger partial charge in [0.15, 0.2) is 0 Å². The number of fused-ring (bicyclic) bond motifs is 1. The number of aromatic nitrogens is 2. The maximum absolute atomic E-state index is 12.4. The normalized spacial score (nSPS) is 16.2. The number of rotatable bonds is 2. The van der Waals surface area contributed by atoms with Crippen molar-refractivity contribution in [3.63, 3.8) is 0 Å². The van der Waals surface area contributed by atoms with Crippen molar-refractivity contribution >= 4 is 27.5 Å². The van der Waals surface area contributed by atoms with Crippen LogP contribution in [-0.4, -0.2) is 35.7 Å². The fourth-order valence-electron chi connectivity index (χ4n) is 2.43. The van der Waals surface area contributed by atoms with Crippen LogP contribution >= 0.6 is 11.3 Å². The van der Waals surface area contributed by atoms with Gasteiger partial charge in [-0.15, -0.1) is 11.3 Å². The Morgan fingerprint density at radius 1 is 1.42 bits per heavy atom. The minimum absolute atomic E-state index is 0.0643. The fraction of sp³-hybridized carbons (Fsp3) is 0.538. The maximum atomic E-state index is 12.4. The van der Waals surface area contributed by atoms with E-state index in [2.05, 4.69) is 17.1 Å². The highest BCUT2D eigenvalue weighted by Crippen LogP contribution is 2.24. The van der Waals surface area contributed by atoms with Crippen molar-refractivity contribution in [3.05, 3.63) is 21.3 Å². The Bertz CT molecular complexity index is 654. The molecular formula is C13H18N4OS. The van der Waals surface area contributed by atoms with Crippen LogP contribution < -0.4 is 15.8 Å². The third-order valence-electron chi connectivity index (χ3n) is 3.55. The van der Waals surface area contributed by atoms with Gasteiger partial charge >= 0.3 is 0 Å². The summed E-state index contributed by atoms with van der Waals surface area (Å²) in [5.41, 5.74) is 0.0643. The third-order valence-corrected chi connectivity index (χ3v) is 4.72. The van der Waals surface area contributed by atoms with E-state index in [0.717, 1.165) is 48.8 Å². The summed E-state index contributed by atoms with van der Waals surface area (Å²) in [5, 5.41) is 4.07. The first kappa shape index (κ1) is 12.6. The average Bonchev–Trinajstić information content (AvgIpc) is 2.87. The van der Waals surface area contributed by atoms with Gasteiger partial charge in [0.1, 0.15) is 4.83 Å². The molecule has 0 saturated carbocycles. The Kier molecular flexibility index (Phi) is 3.28. The zero-order valence-corrected chi connectivity index (χ0v) is 12.1. The number of aryl methyl sites for hydroxylation is 1. The molecule has 1 N–H and O–H groups in total. The summed E-state index contributed by atoms with van der Waals surface area (Å²) in [7, 11) is 1.81. The molecule has 1 aliphatic rings. The summed E-state index contributed by atoms with van der Waals surface area (Å²) in [5.74, 6) is 0.795. The Hall–Kier alpha value is -1.40. The monoisotopic (exact) mass is 278 g/mol. The van der Waals surface area contributed by atoms with Crippen LogP contribution in [0.5, 0.6) is 0 Å². The van der Waals surface area contributed by atoms with Gasteiger partial charge in [-0.2, -0.15) is 0 Å². The molecule has 0 unspecified atom stereocenters. The summed E-state index contributed by atoms with van der Waals surface area (Å²) < 4.78 is 1.68. The summed E-state index contributed by atoms with van der Waals surface area (Å²) in [6.45, 7) is 5.79. The van der Waals surface area contributed by atoms with Gasteiger partial charge in [-0.25, -0.2) is 4.98 Å². The zero-order valence-electron chi connectivity index (χ0n) is 11.3. The third kappa shape index (κ3) is 2.15. The first-order valence-corrected chi connectivity index (χ1v) is 7.47. The standard InChI is InChI=1S/C13H18N4OS/c1-3-9-8-10-11(19-9)15-13(16(2)12(10)18)17-6-4-14-5-7-17/h8,14H,3-7H2,1-2H3. The van der Waals surface area contributed by atoms with Crippen LogP contribution in [0.1, 0.15) is 11.8 Å². The van der Waals surface area contributed by atoms with Gasteiger partial charge in [0.25, 0.3) is 5.56 Å². The fourth-order valence-corrected chi connectivity index (χ4v) is 3.38. The second kappa shape index (κ2) is 4.94. The zero-order chi connectivity index (χ0) is 13.4. The molecule has 0 bridgehead atoms. The number of thiophene rings is 1. The van der Waals surface area contributed by atoms with Crippen molar-refractivity contribution in [1.82, 2.24) is 14.9 Å². The predicted molar refractivity (Wildman–Crippen MR) is 79.3 cm³/mol. The number of nitrogens with one attached hydrogen (secondary N) is 1. The lowest BCUT2D eigenvalue weighted by molar-refractivity contribution is 0.570. The summed E-state index contributed by atoms with van der Waals surface area (Å²) in [4.78, 5) is 21.4. The molecule has 1 fully saturated rings. The lowest BCUT2D eigenvalue weighted by atomic mass is 10.3. The highest BCUT2D eigenvalue weighted by molar-refractivity contribution is 7.18.